The summed E-state index contributed by atoms with van der Waals surface area (Å²) in [4.78, 5) is 38.4. The number of hydrogen-bond acceptors (Lipinski definition) is 7. The number of ether oxygens (including phenoxy) is 2. The molecule has 3 aromatic rings. The van der Waals surface area contributed by atoms with Crippen LogP contribution in [0.3, 0.4) is 0 Å². The lowest BCUT2D eigenvalue weighted by Gasteiger charge is -2.21. The molecule has 0 N–H and O–H groups in total. The number of hydrogen-bond donors (Lipinski definition) is 0. The minimum atomic E-state index is -4.41. The van der Waals surface area contributed by atoms with Crippen LogP contribution >= 0.6 is 0 Å². The molecule has 0 bridgehead atoms. The molecule has 168 valence electrons. The average molecular weight is 458 g/mol. The number of nitrogens with zero attached hydrogens (tertiary/aromatic N) is 1. The van der Waals surface area contributed by atoms with Gasteiger partial charge in [-0.25, -0.2) is 8.42 Å². The Morgan fingerprint density at radius 1 is 0.906 bits per heavy atom. The summed E-state index contributed by atoms with van der Waals surface area (Å²) in [7, 11) is -2.97. The zero-order valence-electron chi connectivity index (χ0n) is 17.9. The first-order valence-electron chi connectivity index (χ1n) is 10.0. The van der Waals surface area contributed by atoms with Crippen LogP contribution in [0.15, 0.2) is 69.2 Å². The van der Waals surface area contributed by atoms with E-state index in [-0.39, 0.29) is 29.1 Å². The first-order valence-corrected chi connectivity index (χ1v) is 11.5. The fourth-order valence-corrected chi connectivity index (χ4v) is 5.18. The van der Waals surface area contributed by atoms with Gasteiger partial charge in [0.05, 0.1) is 23.6 Å². The van der Waals surface area contributed by atoms with Gasteiger partial charge in [-0.1, -0.05) is 36.4 Å². The van der Waals surface area contributed by atoms with E-state index >= 15 is 0 Å². The highest BCUT2D eigenvalue weighted by Crippen LogP contribution is 2.34. The molecule has 32 heavy (non-hydrogen) atoms. The molecule has 0 saturated heterocycles. The molecule has 0 atom stereocenters. The summed E-state index contributed by atoms with van der Waals surface area (Å²) in [5.41, 5.74) is -0.747. The number of pyridine rings is 1. The largest absolute Gasteiger partial charge is 0.465 e. The minimum Gasteiger partial charge on any atom is -0.465 e. The van der Waals surface area contributed by atoms with Crippen molar-refractivity contribution in [2.75, 3.05) is 13.2 Å². The van der Waals surface area contributed by atoms with Crippen LogP contribution in [0.5, 0.6) is 0 Å². The number of aromatic nitrogens is 1. The third kappa shape index (κ3) is 4.03. The van der Waals surface area contributed by atoms with Gasteiger partial charge < -0.3 is 14.0 Å². The van der Waals surface area contributed by atoms with Crippen molar-refractivity contribution in [3.8, 4) is 0 Å². The second kappa shape index (κ2) is 9.35. The predicted octanol–water partition coefficient (Wildman–Crippen LogP) is 2.58. The van der Waals surface area contributed by atoms with E-state index < -0.39 is 38.1 Å². The van der Waals surface area contributed by atoms with Crippen molar-refractivity contribution in [2.45, 2.75) is 29.6 Å². The van der Waals surface area contributed by atoms with Gasteiger partial charge in [0.25, 0.3) is 5.56 Å². The van der Waals surface area contributed by atoms with E-state index in [9.17, 15) is 22.8 Å². The van der Waals surface area contributed by atoms with Crippen LogP contribution in [0, 0.1) is 0 Å². The Kier molecular flexibility index (Phi) is 6.78. The molecule has 0 aliphatic carbocycles. The highest BCUT2D eigenvalue weighted by Gasteiger charge is 2.40. The summed E-state index contributed by atoms with van der Waals surface area (Å²) in [5.74, 6) is -3.73. The van der Waals surface area contributed by atoms with Gasteiger partial charge in [-0.3, -0.25) is 14.4 Å². The Morgan fingerprint density at radius 2 is 1.44 bits per heavy atom. The van der Waals surface area contributed by atoms with Crippen molar-refractivity contribution < 1.29 is 27.5 Å². The Hall–Kier alpha value is -3.46. The fraction of sp³-hybridized carbons (Fsp3) is 0.261. The molecule has 9 heteroatoms. The van der Waals surface area contributed by atoms with Crippen LogP contribution in [-0.4, -0.2) is 38.1 Å². The fourth-order valence-electron chi connectivity index (χ4n) is 3.54. The summed E-state index contributed by atoms with van der Waals surface area (Å²) in [6.45, 7) is 3.03. The Morgan fingerprint density at radius 3 is 2.00 bits per heavy atom. The van der Waals surface area contributed by atoms with Crippen LogP contribution in [0.1, 0.15) is 25.3 Å². The topological polar surface area (TPSA) is 109 Å². The zero-order valence-corrected chi connectivity index (χ0v) is 18.7. The molecule has 0 radical (unpaired) electrons. The normalized spacial score (nSPS) is 11.5. The number of carbonyl (C=O) groups excluding carboxylic acids is 2. The lowest BCUT2D eigenvalue weighted by Crippen LogP contribution is -2.33. The van der Waals surface area contributed by atoms with Gasteiger partial charge in [-0.05, 0) is 32.0 Å². The van der Waals surface area contributed by atoms with Gasteiger partial charge in [-0.15, -0.1) is 0 Å². The van der Waals surface area contributed by atoms with Crippen LogP contribution in [0.25, 0.3) is 10.9 Å². The molecule has 0 spiro atoms. The standard InChI is InChI=1S/C23H23NO7S/c1-4-30-22(26)19(23(27)31-5-2)18-16-13-9-10-14-17(16)24(3)21(25)20(18)32(28,29)15-11-7-6-8-12-15/h6-14,19H,4-5H2,1-3H3. The van der Waals surface area contributed by atoms with E-state index in [0.29, 0.717) is 5.52 Å². The number of rotatable bonds is 7. The monoisotopic (exact) mass is 457 g/mol. The Labute approximate surface area is 185 Å². The van der Waals surface area contributed by atoms with Crippen molar-refractivity contribution in [1.82, 2.24) is 4.57 Å². The van der Waals surface area contributed by atoms with Crippen molar-refractivity contribution in [3.63, 3.8) is 0 Å². The predicted molar refractivity (Wildman–Crippen MR) is 117 cm³/mol. The molecule has 0 amide bonds. The van der Waals surface area contributed by atoms with E-state index in [1.807, 2.05) is 0 Å². The van der Waals surface area contributed by atoms with E-state index in [1.165, 1.54) is 35.9 Å². The van der Waals surface area contributed by atoms with E-state index in [2.05, 4.69) is 0 Å². The molecule has 0 unspecified atom stereocenters. The first kappa shape index (κ1) is 23.2. The molecule has 0 fully saturated rings. The third-order valence-corrected chi connectivity index (χ3v) is 6.78. The minimum absolute atomic E-state index is 0.0434. The van der Waals surface area contributed by atoms with Crippen LogP contribution in [0.2, 0.25) is 0 Å². The molecule has 0 aliphatic rings. The number of para-hydroxylation sites is 1. The van der Waals surface area contributed by atoms with E-state index in [1.54, 1.807) is 44.2 Å². The van der Waals surface area contributed by atoms with Gasteiger partial charge in [0.2, 0.25) is 9.84 Å². The van der Waals surface area contributed by atoms with Crippen molar-refractivity contribution in [2.24, 2.45) is 7.05 Å². The Balaban J connectivity index is 2.51. The number of carbonyl (C=O) groups is 2. The molecule has 0 saturated carbocycles. The summed E-state index contributed by atoms with van der Waals surface area (Å²) < 4.78 is 38.6. The van der Waals surface area contributed by atoms with Gasteiger partial charge in [0.15, 0.2) is 5.92 Å². The maximum Gasteiger partial charge on any atom is 0.324 e. The molecule has 0 aliphatic heterocycles. The first-order chi connectivity index (χ1) is 15.3. The number of aryl methyl sites for hydroxylation is 1. The summed E-state index contributed by atoms with van der Waals surface area (Å²) in [5, 5.41) is 0.259. The zero-order chi connectivity index (χ0) is 23.5. The highest BCUT2D eigenvalue weighted by molar-refractivity contribution is 7.91. The van der Waals surface area contributed by atoms with Gasteiger partial charge in [0.1, 0.15) is 4.90 Å². The molecule has 3 rings (SSSR count). The van der Waals surface area contributed by atoms with Crippen LogP contribution in [-0.2, 0) is 35.9 Å². The highest BCUT2D eigenvalue weighted by atomic mass is 32.2. The molecule has 1 heterocycles. The second-order valence-corrected chi connectivity index (χ2v) is 8.76. The van der Waals surface area contributed by atoms with E-state index in [4.69, 9.17) is 9.47 Å². The number of fused-ring (bicyclic) bond motifs is 1. The van der Waals surface area contributed by atoms with Crippen LogP contribution < -0.4 is 5.56 Å². The maximum atomic E-state index is 13.6. The molecule has 2 aromatic carbocycles. The lowest BCUT2D eigenvalue weighted by atomic mass is 9.95. The van der Waals surface area contributed by atoms with Gasteiger partial charge in [-0.2, -0.15) is 0 Å². The summed E-state index contributed by atoms with van der Waals surface area (Å²) >= 11 is 0. The van der Waals surface area contributed by atoms with Crippen molar-refractivity contribution in [3.05, 3.63) is 70.5 Å². The van der Waals surface area contributed by atoms with Crippen molar-refractivity contribution in [1.29, 1.82) is 0 Å². The molecule has 1 aromatic heterocycles. The maximum absolute atomic E-state index is 13.6. The molecular weight excluding hydrogens is 434 g/mol. The number of benzene rings is 2. The molecular formula is C23H23NO7S. The Bertz CT molecular complexity index is 1310. The number of sulfone groups is 1. The SMILES string of the molecule is CCOC(=O)C(C(=O)OCC)c1c(S(=O)(=O)c2ccccc2)c(=O)n(C)c2ccccc12. The summed E-state index contributed by atoms with van der Waals surface area (Å²) in [6, 6.07) is 13.8. The molecule has 8 nitrogen and oxygen atoms in total. The number of esters is 2. The van der Waals surface area contributed by atoms with Gasteiger partial charge >= 0.3 is 11.9 Å². The summed E-state index contributed by atoms with van der Waals surface area (Å²) in [6.07, 6.45) is 0. The lowest BCUT2D eigenvalue weighted by molar-refractivity contribution is -0.157. The average Bonchev–Trinajstić information content (AvgIpc) is 2.78. The quantitative estimate of drug-likeness (QED) is 0.396. The van der Waals surface area contributed by atoms with E-state index in [0.717, 1.165) is 0 Å². The van der Waals surface area contributed by atoms with Gasteiger partial charge in [0, 0.05) is 18.0 Å². The van der Waals surface area contributed by atoms with Crippen molar-refractivity contribution >= 4 is 32.7 Å². The van der Waals surface area contributed by atoms with Crippen LogP contribution in [0.4, 0.5) is 0 Å². The smallest absolute Gasteiger partial charge is 0.324 e. The third-order valence-electron chi connectivity index (χ3n) is 4.95. The second-order valence-electron chi connectivity index (χ2n) is 6.88.